The maximum absolute atomic E-state index is 11.4. The summed E-state index contributed by atoms with van der Waals surface area (Å²) in [5, 5.41) is 20.6. The van der Waals surface area contributed by atoms with Gasteiger partial charge in [0.15, 0.2) is 0 Å². The maximum atomic E-state index is 11.4. The molecule has 0 radical (unpaired) electrons. The Balaban J connectivity index is 1.14. The first-order valence-corrected chi connectivity index (χ1v) is 20.2. The second-order valence-electron chi connectivity index (χ2n) is 15.5. The van der Waals surface area contributed by atoms with Gasteiger partial charge in [-0.15, -0.1) is 0 Å². The van der Waals surface area contributed by atoms with Gasteiger partial charge < -0.3 is 18.3 Å². The van der Waals surface area contributed by atoms with Crippen molar-refractivity contribution in [2.45, 2.75) is 0 Å². The van der Waals surface area contributed by atoms with E-state index in [2.05, 4.69) is 206 Å². The smallest absolute Gasteiger partial charge is 0.104 e. The molecule has 6 nitrogen and oxygen atoms in total. The molecule has 60 heavy (non-hydrogen) atoms. The average molecular weight is 765 g/mol. The highest BCUT2D eigenvalue weighted by Crippen LogP contribution is 2.45. The molecule has 0 fully saturated rings. The number of fused-ring (bicyclic) bond motifs is 14. The maximum Gasteiger partial charge on any atom is 0.104 e. The average Bonchev–Trinajstić information content (AvgIpc) is 4.04. The molecule has 278 valence electrons. The molecule has 0 spiro atoms. The molecule has 6 heteroatoms. The van der Waals surface area contributed by atoms with E-state index in [9.17, 15) is 5.26 Å². The minimum absolute atomic E-state index is 0.544. The summed E-state index contributed by atoms with van der Waals surface area (Å²) in [6, 6.07) is 67.1. The van der Waals surface area contributed by atoms with Crippen LogP contribution in [0, 0.1) is 11.3 Å². The van der Waals surface area contributed by atoms with Gasteiger partial charge in [-0.25, -0.2) is 0 Å². The van der Waals surface area contributed by atoms with Gasteiger partial charge in [0.2, 0.25) is 0 Å². The van der Waals surface area contributed by atoms with Crippen LogP contribution in [0.3, 0.4) is 0 Å². The van der Waals surface area contributed by atoms with Crippen molar-refractivity contribution in [3.8, 4) is 28.8 Å². The number of benzene rings is 8. The molecule has 0 unspecified atom stereocenters. The zero-order chi connectivity index (χ0) is 39.5. The predicted molar refractivity (Wildman–Crippen MR) is 246 cm³/mol. The molecule has 0 N–H and O–H groups in total. The van der Waals surface area contributed by atoms with E-state index in [1.54, 1.807) is 0 Å². The van der Waals surface area contributed by atoms with E-state index >= 15 is 0 Å². The third-order valence-electron chi connectivity index (χ3n) is 12.5. The van der Waals surface area contributed by atoms with Crippen molar-refractivity contribution in [2.75, 3.05) is 0 Å². The lowest BCUT2D eigenvalue weighted by Crippen LogP contribution is -2.05. The number of aromatic nitrogens is 5. The van der Waals surface area contributed by atoms with Gasteiger partial charge >= 0.3 is 0 Å². The Morgan fingerprint density at radius 2 is 0.700 bits per heavy atom. The first-order chi connectivity index (χ1) is 29.8. The van der Waals surface area contributed by atoms with Gasteiger partial charge in [-0.05, 0) is 60.7 Å². The monoisotopic (exact) mass is 764 g/mol. The van der Waals surface area contributed by atoms with Crippen LogP contribution in [0.25, 0.3) is 110 Å². The van der Waals surface area contributed by atoms with Gasteiger partial charge in [0.1, 0.15) is 11.6 Å². The standard InChI is InChI=1S/C54H32N6/c55-31-42-49(59-45-25-13-9-21-40(45)51-47(59)29-27-38-36-19-7-11-23-43(36)57(53(38)51)34-15-3-1-4-16-34)32-56-33-50(42)60-46-26-14-10-22-41(46)52-48(60)30-28-39-37-20-8-12-24-44(37)58(54(39)52)35-17-5-2-6-18-35/h1-30,32-33H. The fraction of sp³-hybridized carbons (Fsp3) is 0. The van der Waals surface area contributed by atoms with Crippen molar-refractivity contribution in [3.63, 3.8) is 0 Å². The fourth-order valence-electron chi connectivity index (χ4n) is 10.1. The molecule has 8 aromatic carbocycles. The summed E-state index contributed by atoms with van der Waals surface area (Å²) in [7, 11) is 0. The van der Waals surface area contributed by atoms with Crippen LogP contribution in [0.5, 0.6) is 0 Å². The van der Waals surface area contributed by atoms with E-state index < -0.39 is 0 Å². The summed E-state index contributed by atoms with van der Waals surface area (Å²) < 4.78 is 9.26. The molecule has 0 aliphatic carbocycles. The quantitative estimate of drug-likeness (QED) is 0.179. The van der Waals surface area contributed by atoms with Gasteiger partial charge in [-0.2, -0.15) is 5.26 Å². The van der Waals surface area contributed by atoms with E-state index in [0.717, 1.165) is 88.4 Å². The second-order valence-corrected chi connectivity index (χ2v) is 15.5. The van der Waals surface area contributed by atoms with Crippen LogP contribution in [0.2, 0.25) is 0 Å². The van der Waals surface area contributed by atoms with E-state index in [1.165, 1.54) is 21.5 Å². The molecule has 0 atom stereocenters. The van der Waals surface area contributed by atoms with Gasteiger partial charge in [0, 0.05) is 54.5 Å². The van der Waals surface area contributed by atoms with Crippen LogP contribution in [0.1, 0.15) is 5.56 Å². The third-order valence-corrected chi connectivity index (χ3v) is 12.5. The van der Waals surface area contributed by atoms with Crippen LogP contribution >= 0.6 is 0 Å². The predicted octanol–water partition coefficient (Wildman–Crippen LogP) is 13.3. The highest BCUT2D eigenvalue weighted by Gasteiger charge is 2.26. The Morgan fingerprint density at radius 3 is 1.12 bits per heavy atom. The Kier molecular flexibility index (Phi) is 6.70. The van der Waals surface area contributed by atoms with Crippen LogP contribution in [0.15, 0.2) is 194 Å². The molecule has 0 bridgehead atoms. The van der Waals surface area contributed by atoms with Gasteiger partial charge in [0.25, 0.3) is 0 Å². The minimum atomic E-state index is 0.544. The van der Waals surface area contributed by atoms with Crippen LogP contribution in [-0.2, 0) is 0 Å². The van der Waals surface area contributed by atoms with E-state index in [0.29, 0.717) is 5.56 Å². The number of nitrogens with zero attached hydrogens (tertiary/aromatic N) is 6. The number of pyridine rings is 1. The third kappa shape index (κ3) is 4.27. The molecule has 13 rings (SSSR count). The van der Waals surface area contributed by atoms with Crippen molar-refractivity contribution >= 4 is 87.2 Å². The minimum Gasteiger partial charge on any atom is -0.309 e. The van der Waals surface area contributed by atoms with Crippen molar-refractivity contribution in [3.05, 3.63) is 200 Å². The number of hydrogen-bond acceptors (Lipinski definition) is 2. The lowest BCUT2D eigenvalue weighted by Gasteiger charge is -2.15. The van der Waals surface area contributed by atoms with Crippen LogP contribution in [-0.4, -0.2) is 23.3 Å². The first kappa shape index (κ1) is 32.7. The summed E-state index contributed by atoms with van der Waals surface area (Å²) in [5.41, 5.74) is 12.8. The lowest BCUT2D eigenvalue weighted by molar-refractivity contribution is 1.07. The molecular weight excluding hydrogens is 733 g/mol. The molecule has 0 aliphatic heterocycles. The summed E-state index contributed by atoms with van der Waals surface area (Å²) in [6.07, 6.45) is 3.70. The van der Waals surface area contributed by atoms with Crippen molar-refractivity contribution in [1.29, 1.82) is 5.26 Å². The van der Waals surface area contributed by atoms with Gasteiger partial charge in [-0.3, -0.25) is 4.98 Å². The number of para-hydroxylation sites is 6. The van der Waals surface area contributed by atoms with E-state index in [4.69, 9.17) is 4.98 Å². The SMILES string of the molecule is N#Cc1c(-n2c3ccccc3c3c2ccc2c4ccccc4n(-c4ccccc4)c23)cncc1-n1c2ccccc2c2c1ccc1c3ccccc3n(-c3ccccc3)c12. The molecule has 0 saturated heterocycles. The highest BCUT2D eigenvalue weighted by molar-refractivity contribution is 6.27. The molecule has 5 aromatic heterocycles. The molecular formula is C54H32N6. The Labute approximate surface area is 343 Å². The Bertz CT molecular complexity index is 3700. The fourth-order valence-corrected chi connectivity index (χ4v) is 10.1. The van der Waals surface area contributed by atoms with Crippen LogP contribution < -0.4 is 0 Å². The molecule has 0 amide bonds. The number of rotatable bonds is 4. The van der Waals surface area contributed by atoms with Crippen LogP contribution in [0.4, 0.5) is 0 Å². The van der Waals surface area contributed by atoms with E-state index in [1.807, 2.05) is 12.4 Å². The lowest BCUT2D eigenvalue weighted by atomic mass is 10.1. The topological polar surface area (TPSA) is 56.4 Å². The summed E-state index contributed by atoms with van der Waals surface area (Å²) in [4.78, 5) is 4.95. The normalized spacial score (nSPS) is 12.0. The zero-order valence-corrected chi connectivity index (χ0v) is 32.2. The largest absolute Gasteiger partial charge is 0.309 e. The Hall–Kier alpha value is -8.40. The molecule has 5 heterocycles. The molecule has 13 aromatic rings. The summed E-state index contributed by atoms with van der Waals surface area (Å²) >= 11 is 0. The molecule has 0 saturated carbocycles. The first-order valence-electron chi connectivity index (χ1n) is 20.2. The van der Waals surface area contributed by atoms with Crippen molar-refractivity contribution in [1.82, 2.24) is 23.3 Å². The van der Waals surface area contributed by atoms with Gasteiger partial charge in [0.05, 0.1) is 67.9 Å². The summed E-state index contributed by atoms with van der Waals surface area (Å²) in [6.45, 7) is 0. The second kappa shape index (κ2) is 12.3. The van der Waals surface area contributed by atoms with Crippen molar-refractivity contribution < 1.29 is 0 Å². The van der Waals surface area contributed by atoms with Gasteiger partial charge in [-0.1, -0.05) is 121 Å². The highest BCUT2D eigenvalue weighted by atomic mass is 15.1. The summed E-state index contributed by atoms with van der Waals surface area (Å²) in [5.74, 6) is 0. The van der Waals surface area contributed by atoms with Crippen molar-refractivity contribution in [2.24, 2.45) is 0 Å². The van der Waals surface area contributed by atoms with E-state index in [-0.39, 0.29) is 0 Å². The Morgan fingerprint density at radius 1 is 0.333 bits per heavy atom. The zero-order valence-electron chi connectivity index (χ0n) is 32.2. The number of nitriles is 1. The number of hydrogen-bond donors (Lipinski definition) is 0. The molecule has 0 aliphatic rings.